The first-order chi connectivity index (χ1) is 17.8. The van der Waals surface area contributed by atoms with Gasteiger partial charge in [-0.25, -0.2) is 15.0 Å². The van der Waals surface area contributed by atoms with Gasteiger partial charge in [0.1, 0.15) is 22.7 Å². The summed E-state index contributed by atoms with van der Waals surface area (Å²) in [6.45, 7) is 0. The maximum absolute atomic E-state index is 6.56. The van der Waals surface area contributed by atoms with Gasteiger partial charge in [-0.3, -0.25) is 0 Å². The Kier molecular flexibility index (Phi) is 3.88. The first kappa shape index (κ1) is 19.3. The number of ether oxygens (including phenoxy) is 1. The molecule has 3 heterocycles. The van der Waals surface area contributed by atoms with Crippen molar-refractivity contribution in [1.82, 2.24) is 15.0 Å². The molecule has 168 valence electrons. The third-order valence-corrected chi connectivity index (χ3v) is 6.71. The van der Waals surface area contributed by atoms with Crippen molar-refractivity contribution in [3.05, 3.63) is 103 Å². The number of furan rings is 1. The molecular formula is C31H17N3O2. The largest absolute Gasteiger partial charge is 0.456 e. The highest BCUT2D eigenvalue weighted by molar-refractivity contribution is 6.24. The van der Waals surface area contributed by atoms with Gasteiger partial charge < -0.3 is 9.15 Å². The minimum atomic E-state index is 0.556. The Balaban J connectivity index is 1.44. The molecule has 0 N–H and O–H groups in total. The number of rotatable bonds is 3. The zero-order valence-corrected chi connectivity index (χ0v) is 19.0. The van der Waals surface area contributed by atoms with Gasteiger partial charge >= 0.3 is 0 Å². The van der Waals surface area contributed by atoms with E-state index in [9.17, 15) is 0 Å². The maximum Gasteiger partial charge on any atom is 0.167 e. The van der Waals surface area contributed by atoms with Crippen LogP contribution < -0.4 is 4.74 Å². The smallest absolute Gasteiger partial charge is 0.167 e. The Morgan fingerprint density at radius 2 is 1.11 bits per heavy atom. The van der Waals surface area contributed by atoms with Gasteiger partial charge in [0, 0.05) is 21.9 Å². The molecule has 0 atom stereocenters. The number of nitrogens with zero attached hydrogens (tertiary/aromatic N) is 3. The van der Waals surface area contributed by atoms with Crippen LogP contribution in [0.5, 0.6) is 11.5 Å². The van der Waals surface area contributed by atoms with Crippen LogP contribution >= 0.6 is 0 Å². The highest BCUT2D eigenvalue weighted by Crippen LogP contribution is 2.51. The van der Waals surface area contributed by atoms with E-state index in [4.69, 9.17) is 24.1 Å². The van der Waals surface area contributed by atoms with Gasteiger partial charge in [0.25, 0.3) is 0 Å². The molecule has 0 amide bonds. The van der Waals surface area contributed by atoms with Crippen molar-refractivity contribution in [3.63, 3.8) is 0 Å². The lowest BCUT2D eigenvalue weighted by atomic mass is 9.98. The minimum absolute atomic E-state index is 0.556. The van der Waals surface area contributed by atoms with E-state index in [-0.39, 0.29) is 0 Å². The van der Waals surface area contributed by atoms with Crippen LogP contribution in [0.2, 0.25) is 0 Å². The van der Waals surface area contributed by atoms with E-state index in [1.165, 1.54) is 0 Å². The fourth-order valence-electron chi connectivity index (χ4n) is 5.07. The van der Waals surface area contributed by atoms with Crippen LogP contribution in [-0.2, 0) is 0 Å². The lowest BCUT2D eigenvalue weighted by Gasteiger charge is -2.18. The highest BCUT2D eigenvalue weighted by atomic mass is 16.5. The van der Waals surface area contributed by atoms with E-state index >= 15 is 0 Å². The summed E-state index contributed by atoms with van der Waals surface area (Å²) < 4.78 is 12.8. The molecule has 0 bridgehead atoms. The van der Waals surface area contributed by atoms with Crippen molar-refractivity contribution in [2.75, 3.05) is 0 Å². The minimum Gasteiger partial charge on any atom is -0.456 e. The molecule has 0 spiro atoms. The quantitative estimate of drug-likeness (QED) is 0.265. The summed E-state index contributed by atoms with van der Waals surface area (Å²) in [4.78, 5) is 14.7. The van der Waals surface area contributed by atoms with E-state index in [0.29, 0.717) is 23.2 Å². The molecule has 0 fully saturated rings. The van der Waals surface area contributed by atoms with Crippen LogP contribution in [0.25, 0.3) is 66.9 Å². The molecule has 0 aliphatic carbocycles. The number of hydrogen-bond acceptors (Lipinski definition) is 5. The molecule has 1 aliphatic rings. The molecule has 5 heteroatoms. The Morgan fingerprint density at radius 1 is 0.472 bits per heavy atom. The van der Waals surface area contributed by atoms with Gasteiger partial charge in [0.05, 0.1) is 10.9 Å². The molecule has 5 aromatic carbocycles. The van der Waals surface area contributed by atoms with E-state index in [1.807, 2.05) is 91.0 Å². The second kappa shape index (κ2) is 7.23. The number of aromatic nitrogens is 3. The molecule has 0 saturated heterocycles. The van der Waals surface area contributed by atoms with E-state index in [1.54, 1.807) is 0 Å². The number of benzene rings is 5. The normalized spacial score (nSPS) is 12.1. The fourth-order valence-corrected chi connectivity index (χ4v) is 5.07. The van der Waals surface area contributed by atoms with Crippen molar-refractivity contribution < 1.29 is 9.15 Å². The summed E-state index contributed by atoms with van der Waals surface area (Å²) in [5.74, 6) is 3.30. The van der Waals surface area contributed by atoms with Crippen LogP contribution in [0.1, 0.15) is 0 Å². The van der Waals surface area contributed by atoms with Gasteiger partial charge in [-0.2, -0.15) is 0 Å². The second-order valence-corrected chi connectivity index (χ2v) is 8.85. The molecule has 2 aromatic heterocycles. The first-order valence-electron chi connectivity index (χ1n) is 11.8. The van der Waals surface area contributed by atoms with Crippen LogP contribution in [0, 0.1) is 0 Å². The molecule has 8 rings (SSSR count). The lowest BCUT2D eigenvalue weighted by Crippen LogP contribution is -2.02. The van der Waals surface area contributed by atoms with Crippen molar-refractivity contribution in [2.45, 2.75) is 0 Å². The SMILES string of the molecule is c1ccc(-c2nc(-c3ccccc3)nc(-c3ccc4oc5ccc6cccc7c6c5c4c3O7)n2)cc1. The third-order valence-electron chi connectivity index (χ3n) is 6.71. The van der Waals surface area contributed by atoms with Crippen LogP contribution in [-0.4, -0.2) is 15.0 Å². The third kappa shape index (κ3) is 2.74. The standard InChI is InChI=1S/C31H17N3O2/c1-3-8-19(9-4-1)29-32-30(20-10-5-2-6-11-20)34-31(33-29)21-15-17-24-27-26-23(35-24)16-14-18-12-7-13-22(25(18)26)36-28(21)27/h1-17H. The van der Waals surface area contributed by atoms with Gasteiger partial charge in [-0.15, -0.1) is 0 Å². The monoisotopic (exact) mass is 463 g/mol. The predicted octanol–water partition coefficient (Wildman–Crippen LogP) is 8.03. The second-order valence-electron chi connectivity index (χ2n) is 8.85. The summed E-state index contributed by atoms with van der Waals surface area (Å²) in [7, 11) is 0. The Labute approximate surface area is 205 Å². The number of hydrogen-bond donors (Lipinski definition) is 0. The lowest BCUT2D eigenvalue weighted by molar-refractivity contribution is 0.494. The van der Waals surface area contributed by atoms with Crippen LogP contribution in [0.15, 0.2) is 108 Å². The Morgan fingerprint density at radius 3 is 1.83 bits per heavy atom. The molecule has 5 nitrogen and oxygen atoms in total. The Bertz CT molecular complexity index is 1900. The van der Waals surface area contributed by atoms with E-state index in [2.05, 4.69) is 12.1 Å². The maximum atomic E-state index is 6.56. The van der Waals surface area contributed by atoms with Crippen molar-refractivity contribution >= 4 is 32.7 Å². The van der Waals surface area contributed by atoms with Crippen LogP contribution in [0.4, 0.5) is 0 Å². The summed E-state index contributed by atoms with van der Waals surface area (Å²) in [5, 5.41) is 4.22. The zero-order chi connectivity index (χ0) is 23.6. The van der Waals surface area contributed by atoms with Gasteiger partial charge in [-0.1, -0.05) is 78.9 Å². The zero-order valence-electron chi connectivity index (χ0n) is 19.0. The first-order valence-corrected chi connectivity index (χ1v) is 11.8. The Hall–Kier alpha value is -5.03. The highest BCUT2D eigenvalue weighted by Gasteiger charge is 2.26. The van der Waals surface area contributed by atoms with Crippen molar-refractivity contribution in [2.24, 2.45) is 0 Å². The van der Waals surface area contributed by atoms with Gasteiger partial charge in [0.15, 0.2) is 17.5 Å². The molecule has 7 aromatic rings. The molecule has 1 aliphatic heterocycles. The van der Waals surface area contributed by atoms with Crippen molar-refractivity contribution in [1.29, 1.82) is 0 Å². The van der Waals surface area contributed by atoms with Gasteiger partial charge in [-0.05, 0) is 29.7 Å². The molecular weight excluding hydrogens is 446 g/mol. The average Bonchev–Trinajstić information content (AvgIpc) is 3.34. The average molecular weight is 463 g/mol. The predicted molar refractivity (Wildman–Crippen MR) is 141 cm³/mol. The van der Waals surface area contributed by atoms with E-state index in [0.717, 1.165) is 55.2 Å². The summed E-state index contributed by atoms with van der Waals surface area (Å²) in [6, 6.07) is 34.1. The molecule has 0 radical (unpaired) electrons. The summed E-state index contributed by atoms with van der Waals surface area (Å²) in [6.07, 6.45) is 0. The topological polar surface area (TPSA) is 61.0 Å². The van der Waals surface area contributed by atoms with Crippen molar-refractivity contribution in [3.8, 4) is 45.7 Å². The fraction of sp³-hybridized carbons (Fsp3) is 0. The van der Waals surface area contributed by atoms with Crippen LogP contribution in [0.3, 0.4) is 0 Å². The summed E-state index contributed by atoms with van der Waals surface area (Å²) >= 11 is 0. The summed E-state index contributed by atoms with van der Waals surface area (Å²) in [5.41, 5.74) is 4.28. The molecule has 36 heavy (non-hydrogen) atoms. The van der Waals surface area contributed by atoms with Gasteiger partial charge in [0.2, 0.25) is 0 Å². The van der Waals surface area contributed by atoms with E-state index < -0.39 is 0 Å². The molecule has 0 unspecified atom stereocenters. The molecule has 0 saturated carbocycles.